The number of rotatable bonds is 7. The third-order valence-electron chi connectivity index (χ3n) is 11.9. The standard InChI is InChI=1S/C44H40N2O7/c1-25-9-8-12-33(39(25)47)38-31-20-21-32-37(34(31)24-35-41(49)46(43(51)44(35,38)2)28-10-6-5-7-11-28)42(50)45(40(32)48)29-17-14-26(15-18-29)13-16-27-23-30(52-3)19-22-36(27)53-4/h5-20,22-23,32,34-35,37-38,47H,21,24H2,1-4H3. The highest BCUT2D eigenvalue weighted by atomic mass is 16.5. The smallest absolute Gasteiger partial charge is 0.241 e. The number of benzene rings is 4. The summed E-state index contributed by atoms with van der Waals surface area (Å²) in [6, 6.07) is 27.1. The predicted octanol–water partition coefficient (Wildman–Crippen LogP) is 7.32. The van der Waals surface area contributed by atoms with Crippen LogP contribution in [0.25, 0.3) is 12.2 Å². The minimum absolute atomic E-state index is 0.0639. The molecule has 6 unspecified atom stereocenters. The van der Waals surface area contributed by atoms with Gasteiger partial charge in [0.2, 0.25) is 23.6 Å². The molecule has 9 heteroatoms. The van der Waals surface area contributed by atoms with Gasteiger partial charge < -0.3 is 14.6 Å². The molecule has 268 valence electrons. The molecule has 53 heavy (non-hydrogen) atoms. The Morgan fingerprint density at radius 2 is 1.51 bits per heavy atom. The summed E-state index contributed by atoms with van der Waals surface area (Å²) < 4.78 is 10.9. The number of imide groups is 2. The average Bonchev–Trinajstić information content (AvgIpc) is 3.55. The highest BCUT2D eigenvalue weighted by Crippen LogP contribution is 2.64. The Balaban J connectivity index is 1.14. The first kappa shape index (κ1) is 34.1. The van der Waals surface area contributed by atoms with E-state index in [0.717, 1.165) is 16.7 Å². The Morgan fingerprint density at radius 1 is 0.774 bits per heavy atom. The number of phenols is 1. The Hall–Kier alpha value is -5.96. The molecule has 0 spiro atoms. The molecular weight excluding hydrogens is 668 g/mol. The molecule has 2 saturated heterocycles. The van der Waals surface area contributed by atoms with E-state index in [0.29, 0.717) is 40.4 Å². The fourth-order valence-corrected chi connectivity index (χ4v) is 9.24. The number of anilines is 2. The van der Waals surface area contributed by atoms with Crippen molar-refractivity contribution in [3.05, 3.63) is 125 Å². The van der Waals surface area contributed by atoms with Crippen LogP contribution in [-0.4, -0.2) is 43.0 Å². The van der Waals surface area contributed by atoms with E-state index in [4.69, 9.17) is 9.47 Å². The molecule has 4 amide bonds. The van der Waals surface area contributed by atoms with Crippen molar-refractivity contribution in [2.75, 3.05) is 24.0 Å². The molecule has 4 aromatic carbocycles. The van der Waals surface area contributed by atoms with Crippen LogP contribution in [0, 0.1) is 36.0 Å². The maximum absolute atomic E-state index is 14.6. The van der Waals surface area contributed by atoms with Gasteiger partial charge in [0, 0.05) is 17.0 Å². The third-order valence-corrected chi connectivity index (χ3v) is 11.9. The summed E-state index contributed by atoms with van der Waals surface area (Å²) in [7, 11) is 3.21. The number of hydrogen-bond donors (Lipinski definition) is 1. The van der Waals surface area contributed by atoms with Gasteiger partial charge in [-0.2, -0.15) is 0 Å². The number of para-hydroxylation sites is 2. The second-order valence-corrected chi connectivity index (χ2v) is 14.6. The summed E-state index contributed by atoms with van der Waals surface area (Å²) in [5, 5.41) is 11.5. The summed E-state index contributed by atoms with van der Waals surface area (Å²) in [4.78, 5) is 60.1. The van der Waals surface area contributed by atoms with Crippen molar-refractivity contribution in [1.82, 2.24) is 0 Å². The van der Waals surface area contributed by atoms with E-state index in [2.05, 4.69) is 0 Å². The first-order valence-electron chi connectivity index (χ1n) is 17.9. The van der Waals surface area contributed by atoms with Gasteiger partial charge in [-0.1, -0.05) is 72.3 Å². The minimum Gasteiger partial charge on any atom is -0.507 e. The van der Waals surface area contributed by atoms with Gasteiger partial charge >= 0.3 is 0 Å². The summed E-state index contributed by atoms with van der Waals surface area (Å²) in [6.45, 7) is 3.63. The number of fused-ring (bicyclic) bond motifs is 4. The molecule has 1 N–H and O–H groups in total. The molecule has 3 fully saturated rings. The van der Waals surface area contributed by atoms with Gasteiger partial charge in [-0.05, 0) is 86.2 Å². The number of ether oxygens (including phenoxy) is 2. The van der Waals surface area contributed by atoms with Crippen molar-refractivity contribution in [1.29, 1.82) is 0 Å². The molecule has 9 nitrogen and oxygen atoms in total. The second kappa shape index (κ2) is 12.9. The summed E-state index contributed by atoms with van der Waals surface area (Å²) in [5.74, 6) is -3.04. The maximum atomic E-state index is 14.6. The van der Waals surface area contributed by atoms with E-state index >= 15 is 0 Å². The molecule has 0 bridgehead atoms. The highest BCUT2D eigenvalue weighted by molar-refractivity contribution is 6.25. The number of allylic oxidation sites excluding steroid dienone is 2. The second-order valence-electron chi connectivity index (χ2n) is 14.6. The Kier molecular flexibility index (Phi) is 8.32. The van der Waals surface area contributed by atoms with Crippen molar-refractivity contribution < 1.29 is 33.8 Å². The van der Waals surface area contributed by atoms with Crippen molar-refractivity contribution >= 4 is 47.2 Å². The van der Waals surface area contributed by atoms with Gasteiger partial charge in [0.25, 0.3) is 0 Å². The van der Waals surface area contributed by atoms with Crippen LogP contribution >= 0.6 is 0 Å². The Labute approximate surface area is 308 Å². The van der Waals surface area contributed by atoms with E-state index < -0.39 is 35.0 Å². The number of methoxy groups -OCH3 is 2. The largest absolute Gasteiger partial charge is 0.507 e. The molecule has 2 aliphatic carbocycles. The molecule has 6 atom stereocenters. The van der Waals surface area contributed by atoms with Gasteiger partial charge in [-0.3, -0.25) is 24.1 Å². The van der Waals surface area contributed by atoms with Gasteiger partial charge in [-0.15, -0.1) is 0 Å². The molecule has 4 aromatic rings. The lowest BCUT2D eigenvalue weighted by atomic mass is 9.51. The molecule has 1 saturated carbocycles. The molecular formula is C44H40N2O7. The first-order valence-corrected chi connectivity index (χ1v) is 17.9. The monoisotopic (exact) mass is 708 g/mol. The summed E-state index contributed by atoms with van der Waals surface area (Å²) in [5.41, 5.74) is 3.46. The van der Waals surface area contributed by atoms with Crippen LogP contribution in [0.4, 0.5) is 11.4 Å². The van der Waals surface area contributed by atoms with E-state index in [9.17, 15) is 24.3 Å². The number of carbonyl (C=O) groups is 4. The van der Waals surface area contributed by atoms with E-state index in [1.807, 2.05) is 73.7 Å². The molecule has 0 radical (unpaired) electrons. The quantitative estimate of drug-likeness (QED) is 0.122. The fourth-order valence-electron chi connectivity index (χ4n) is 9.24. The topological polar surface area (TPSA) is 113 Å². The number of aromatic hydroxyl groups is 1. The van der Waals surface area contributed by atoms with E-state index in [-0.39, 0.29) is 35.8 Å². The lowest BCUT2D eigenvalue weighted by Gasteiger charge is -2.49. The zero-order chi connectivity index (χ0) is 37.2. The van der Waals surface area contributed by atoms with Crippen LogP contribution < -0.4 is 19.3 Å². The van der Waals surface area contributed by atoms with Crippen LogP contribution in [0.1, 0.15) is 47.9 Å². The summed E-state index contributed by atoms with van der Waals surface area (Å²) >= 11 is 0. The number of hydrogen-bond acceptors (Lipinski definition) is 7. The van der Waals surface area contributed by atoms with Crippen molar-refractivity contribution in [3.63, 3.8) is 0 Å². The number of aryl methyl sites for hydroxylation is 1. The van der Waals surface area contributed by atoms with Crippen LogP contribution in [0.2, 0.25) is 0 Å². The van der Waals surface area contributed by atoms with E-state index in [1.165, 1.54) is 9.80 Å². The molecule has 2 heterocycles. The van der Waals surface area contributed by atoms with Gasteiger partial charge in [0.1, 0.15) is 17.2 Å². The van der Waals surface area contributed by atoms with Crippen molar-refractivity contribution in [2.45, 2.75) is 32.6 Å². The minimum atomic E-state index is -1.23. The lowest BCUT2D eigenvalue weighted by Crippen LogP contribution is -2.49. The Morgan fingerprint density at radius 3 is 2.23 bits per heavy atom. The zero-order valence-corrected chi connectivity index (χ0v) is 30.0. The average molecular weight is 709 g/mol. The molecule has 0 aromatic heterocycles. The molecule has 4 aliphatic rings. The number of phenolic OH excluding ortho intramolecular Hbond substituents is 1. The normalized spacial score (nSPS) is 26.4. The number of nitrogens with zero attached hydrogens (tertiary/aromatic N) is 2. The van der Waals surface area contributed by atoms with Gasteiger partial charge in [0.05, 0.1) is 48.8 Å². The highest BCUT2D eigenvalue weighted by Gasteiger charge is 2.68. The van der Waals surface area contributed by atoms with Crippen LogP contribution in [0.3, 0.4) is 0 Å². The SMILES string of the molecule is COc1ccc(OC)c(C=Cc2ccc(N3C(=O)C4CC=C5C(CC6C(=O)N(c7ccccc7)C(=O)C6(C)C5c5cccc(C)c5O)C4C3=O)cc2)c1. The predicted molar refractivity (Wildman–Crippen MR) is 201 cm³/mol. The molecule has 8 rings (SSSR count). The van der Waals surface area contributed by atoms with Crippen LogP contribution in [0.5, 0.6) is 17.2 Å². The fraction of sp³-hybridized carbons (Fsp3) is 0.273. The zero-order valence-electron chi connectivity index (χ0n) is 30.0. The van der Waals surface area contributed by atoms with Crippen molar-refractivity contribution in [3.8, 4) is 17.2 Å². The maximum Gasteiger partial charge on any atom is 0.241 e. The van der Waals surface area contributed by atoms with Crippen molar-refractivity contribution in [2.24, 2.45) is 29.1 Å². The lowest BCUT2D eigenvalue weighted by molar-refractivity contribution is -0.131. The number of carbonyl (C=O) groups excluding carboxylic acids is 4. The number of amides is 4. The van der Waals surface area contributed by atoms with Gasteiger partial charge in [0.15, 0.2) is 0 Å². The van der Waals surface area contributed by atoms with E-state index in [1.54, 1.807) is 63.6 Å². The van der Waals surface area contributed by atoms with Crippen LogP contribution in [-0.2, 0) is 19.2 Å². The van der Waals surface area contributed by atoms with Gasteiger partial charge in [-0.25, -0.2) is 4.90 Å². The summed E-state index contributed by atoms with van der Waals surface area (Å²) in [6.07, 6.45) is 6.39. The molecule has 2 aliphatic heterocycles. The van der Waals surface area contributed by atoms with Crippen LogP contribution in [0.15, 0.2) is 103 Å². The Bertz CT molecular complexity index is 2230. The first-order chi connectivity index (χ1) is 25.6. The third kappa shape index (κ3) is 5.20.